The molecule has 1 saturated heterocycles. The van der Waals surface area contributed by atoms with E-state index in [0.29, 0.717) is 12.6 Å². The van der Waals surface area contributed by atoms with E-state index in [-0.39, 0.29) is 5.91 Å². The van der Waals surface area contributed by atoms with Gasteiger partial charge in [0, 0.05) is 18.3 Å². The molecule has 3 heteroatoms. The highest BCUT2D eigenvalue weighted by atomic mass is 16.2. The highest BCUT2D eigenvalue weighted by Crippen LogP contribution is 2.28. The van der Waals surface area contributed by atoms with Gasteiger partial charge in [-0.15, -0.1) is 0 Å². The lowest BCUT2D eigenvalue weighted by atomic mass is 10.0. The second kappa shape index (κ2) is 6.78. The van der Waals surface area contributed by atoms with E-state index in [9.17, 15) is 4.79 Å². The second-order valence-corrected chi connectivity index (χ2v) is 6.88. The normalized spacial score (nSPS) is 20.3. The van der Waals surface area contributed by atoms with E-state index in [1.807, 2.05) is 11.0 Å². The molecule has 1 atom stereocenters. The van der Waals surface area contributed by atoms with Gasteiger partial charge in [0.15, 0.2) is 0 Å². The third kappa shape index (κ3) is 3.09. The lowest BCUT2D eigenvalue weighted by Gasteiger charge is -2.27. The molecule has 2 aliphatic heterocycles. The van der Waals surface area contributed by atoms with Crippen molar-refractivity contribution in [2.45, 2.75) is 31.7 Å². The molecule has 0 aliphatic carbocycles. The highest BCUT2D eigenvalue weighted by Gasteiger charge is 2.30. The standard InChI is InChI=1S/C21H24N2O/c24-21(23-14-12-18-9-4-5-11-20(18)23)16-22-13-6-10-19(22)15-17-7-2-1-3-8-17/h1-5,7-9,11,19H,6,10,12-16H2/t19-/m0/s1. The summed E-state index contributed by atoms with van der Waals surface area (Å²) in [4.78, 5) is 17.2. The fourth-order valence-electron chi connectivity index (χ4n) is 4.08. The van der Waals surface area contributed by atoms with Gasteiger partial charge in [0.25, 0.3) is 0 Å². The first-order valence-electron chi connectivity index (χ1n) is 8.97. The largest absolute Gasteiger partial charge is 0.311 e. The third-order valence-corrected chi connectivity index (χ3v) is 5.34. The average molecular weight is 320 g/mol. The monoisotopic (exact) mass is 320 g/mol. The number of hydrogen-bond donors (Lipinski definition) is 0. The SMILES string of the molecule is O=C(CN1CCC[C@H]1Cc1ccccc1)N1CCc2ccccc21. The summed E-state index contributed by atoms with van der Waals surface area (Å²) in [6.07, 6.45) is 4.42. The van der Waals surface area contributed by atoms with Gasteiger partial charge >= 0.3 is 0 Å². The van der Waals surface area contributed by atoms with Crippen molar-refractivity contribution < 1.29 is 4.79 Å². The van der Waals surface area contributed by atoms with Crippen LogP contribution in [0.2, 0.25) is 0 Å². The van der Waals surface area contributed by atoms with E-state index >= 15 is 0 Å². The van der Waals surface area contributed by atoms with Gasteiger partial charge in [-0.25, -0.2) is 0 Å². The smallest absolute Gasteiger partial charge is 0.241 e. The third-order valence-electron chi connectivity index (χ3n) is 5.34. The Hall–Kier alpha value is -2.13. The van der Waals surface area contributed by atoms with Crippen molar-refractivity contribution in [3.8, 4) is 0 Å². The van der Waals surface area contributed by atoms with Crippen LogP contribution in [0, 0.1) is 0 Å². The summed E-state index contributed by atoms with van der Waals surface area (Å²) in [6.45, 7) is 2.42. The maximum absolute atomic E-state index is 12.8. The number of fused-ring (bicyclic) bond motifs is 1. The summed E-state index contributed by atoms with van der Waals surface area (Å²) in [6, 6.07) is 19.4. The zero-order chi connectivity index (χ0) is 16.4. The molecule has 0 aromatic heterocycles. The molecule has 24 heavy (non-hydrogen) atoms. The molecule has 4 rings (SSSR count). The van der Waals surface area contributed by atoms with Crippen LogP contribution in [-0.4, -0.2) is 36.5 Å². The Morgan fingerprint density at radius 3 is 2.67 bits per heavy atom. The molecule has 1 fully saturated rings. The minimum atomic E-state index is 0.250. The first-order chi connectivity index (χ1) is 11.8. The predicted molar refractivity (Wildman–Crippen MR) is 97.2 cm³/mol. The molecule has 1 amide bonds. The van der Waals surface area contributed by atoms with Crippen LogP contribution in [0.1, 0.15) is 24.0 Å². The van der Waals surface area contributed by atoms with Gasteiger partial charge in [-0.3, -0.25) is 9.69 Å². The van der Waals surface area contributed by atoms with Crippen molar-refractivity contribution in [2.24, 2.45) is 0 Å². The number of benzene rings is 2. The fourth-order valence-corrected chi connectivity index (χ4v) is 4.08. The van der Waals surface area contributed by atoms with E-state index in [4.69, 9.17) is 0 Å². The maximum Gasteiger partial charge on any atom is 0.241 e. The molecular weight excluding hydrogens is 296 g/mol. The van der Waals surface area contributed by atoms with Gasteiger partial charge in [0.2, 0.25) is 5.91 Å². The molecule has 0 unspecified atom stereocenters. The quantitative estimate of drug-likeness (QED) is 0.863. The Labute approximate surface area is 143 Å². The number of carbonyl (C=O) groups is 1. The van der Waals surface area contributed by atoms with Gasteiger partial charge in [0.1, 0.15) is 0 Å². The summed E-state index contributed by atoms with van der Waals surface area (Å²) in [7, 11) is 0. The van der Waals surface area contributed by atoms with Crippen molar-refractivity contribution in [1.82, 2.24) is 4.90 Å². The van der Waals surface area contributed by atoms with E-state index in [1.54, 1.807) is 0 Å². The van der Waals surface area contributed by atoms with E-state index in [2.05, 4.69) is 53.4 Å². The molecule has 2 aliphatic rings. The van der Waals surface area contributed by atoms with E-state index < -0.39 is 0 Å². The van der Waals surface area contributed by atoms with Gasteiger partial charge in [0.05, 0.1) is 6.54 Å². The van der Waals surface area contributed by atoms with Crippen LogP contribution < -0.4 is 4.90 Å². The van der Waals surface area contributed by atoms with Crippen LogP contribution in [-0.2, 0) is 17.6 Å². The summed E-state index contributed by atoms with van der Waals surface area (Å²) in [5.74, 6) is 0.250. The van der Waals surface area contributed by atoms with Crippen LogP contribution in [0.25, 0.3) is 0 Å². The van der Waals surface area contributed by atoms with Crippen molar-refractivity contribution in [3.05, 3.63) is 65.7 Å². The van der Waals surface area contributed by atoms with Crippen LogP contribution in [0.3, 0.4) is 0 Å². The summed E-state index contributed by atoms with van der Waals surface area (Å²) < 4.78 is 0. The van der Waals surface area contributed by atoms with Crippen LogP contribution in [0.5, 0.6) is 0 Å². The van der Waals surface area contributed by atoms with E-state index in [0.717, 1.165) is 31.6 Å². The first kappa shape index (κ1) is 15.4. The first-order valence-corrected chi connectivity index (χ1v) is 8.97. The number of rotatable bonds is 4. The zero-order valence-corrected chi connectivity index (χ0v) is 14.0. The van der Waals surface area contributed by atoms with E-state index in [1.165, 1.54) is 24.0 Å². The summed E-state index contributed by atoms with van der Waals surface area (Å²) >= 11 is 0. The predicted octanol–water partition coefficient (Wildman–Crippen LogP) is 3.28. The molecule has 0 spiro atoms. The summed E-state index contributed by atoms with van der Waals surface area (Å²) in [5.41, 5.74) is 3.78. The Morgan fingerprint density at radius 1 is 1.00 bits per heavy atom. The molecule has 2 aromatic carbocycles. The molecule has 3 nitrogen and oxygen atoms in total. The van der Waals surface area contributed by atoms with Crippen LogP contribution in [0.15, 0.2) is 54.6 Å². The average Bonchev–Trinajstić information content (AvgIpc) is 3.23. The highest BCUT2D eigenvalue weighted by molar-refractivity contribution is 5.96. The molecular formula is C21H24N2O. The zero-order valence-electron chi connectivity index (χ0n) is 14.0. The molecule has 0 bridgehead atoms. The van der Waals surface area contributed by atoms with Gasteiger partial charge in [-0.2, -0.15) is 0 Å². The second-order valence-electron chi connectivity index (χ2n) is 6.88. The minimum absolute atomic E-state index is 0.250. The number of para-hydroxylation sites is 1. The number of carbonyl (C=O) groups excluding carboxylic acids is 1. The number of amides is 1. The lowest BCUT2D eigenvalue weighted by Crippen LogP contribution is -2.42. The molecule has 0 radical (unpaired) electrons. The fraction of sp³-hybridized carbons (Fsp3) is 0.381. The van der Waals surface area contributed by atoms with Crippen molar-refractivity contribution in [1.29, 1.82) is 0 Å². The molecule has 0 saturated carbocycles. The molecule has 2 heterocycles. The molecule has 2 aromatic rings. The number of likely N-dealkylation sites (tertiary alicyclic amines) is 1. The van der Waals surface area contributed by atoms with Gasteiger partial charge in [-0.1, -0.05) is 48.5 Å². The topological polar surface area (TPSA) is 23.6 Å². The lowest BCUT2D eigenvalue weighted by molar-refractivity contribution is -0.119. The van der Waals surface area contributed by atoms with Gasteiger partial charge < -0.3 is 4.90 Å². The number of nitrogens with zero attached hydrogens (tertiary/aromatic N) is 2. The Morgan fingerprint density at radius 2 is 1.79 bits per heavy atom. The molecule has 0 N–H and O–H groups in total. The van der Waals surface area contributed by atoms with Gasteiger partial charge in [-0.05, 0) is 49.4 Å². The van der Waals surface area contributed by atoms with Crippen molar-refractivity contribution in [3.63, 3.8) is 0 Å². The van der Waals surface area contributed by atoms with Crippen LogP contribution in [0.4, 0.5) is 5.69 Å². The molecule has 124 valence electrons. The Balaban J connectivity index is 1.42. The number of hydrogen-bond acceptors (Lipinski definition) is 2. The van der Waals surface area contributed by atoms with Crippen LogP contribution >= 0.6 is 0 Å². The summed E-state index contributed by atoms with van der Waals surface area (Å²) in [5, 5.41) is 0. The Kier molecular flexibility index (Phi) is 4.35. The van der Waals surface area contributed by atoms with Crippen molar-refractivity contribution in [2.75, 3.05) is 24.5 Å². The minimum Gasteiger partial charge on any atom is -0.311 e. The maximum atomic E-state index is 12.8. The number of anilines is 1. The Bertz CT molecular complexity index is 713. The van der Waals surface area contributed by atoms with Crippen molar-refractivity contribution >= 4 is 11.6 Å².